The average molecular weight is 354 g/mol. The molecule has 3 N–H and O–H groups in total. The van der Waals surface area contributed by atoms with E-state index in [0.29, 0.717) is 38.5 Å². The number of ether oxygens (including phenoxy) is 2. The highest BCUT2D eigenvalue weighted by Crippen LogP contribution is 2.23. The lowest BCUT2D eigenvalue weighted by Gasteiger charge is -2.20. The van der Waals surface area contributed by atoms with E-state index in [-0.39, 0.29) is 31.0 Å². The van der Waals surface area contributed by atoms with E-state index in [0.717, 1.165) is 12.7 Å². The first-order valence-corrected chi connectivity index (χ1v) is 8.42. The van der Waals surface area contributed by atoms with Gasteiger partial charge >= 0.3 is 0 Å². The Labute approximate surface area is 145 Å². The van der Waals surface area contributed by atoms with Crippen LogP contribution in [-0.2, 0) is 14.3 Å². The minimum atomic E-state index is -1.03. The van der Waals surface area contributed by atoms with Crippen molar-refractivity contribution in [2.24, 2.45) is 5.92 Å². The van der Waals surface area contributed by atoms with Gasteiger partial charge in [0.2, 0.25) is 11.9 Å². The molecule has 3 atom stereocenters. The van der Waals surface area contributed by atoms with E-state index in [1.54, 1.807) is 0 Å². The van der Waals surface area contributed by atoms with Gasteiger partial charge in [0.05, 0.1) is 31.3 Å². The van der Waals surface area contributed by atoms with Gasteiger partial charge in [-0.15, -0.1) is 0 Å². The van der Waals surface area contributed by atoms with Gasteiger partial charge in [-0.3, -0.25) is 4.79 Å². The first-order valence-electron chi connectivity index (χ1n) is 8.42. The number of nitrogens with zero attached hydrogens (tertiary/aromatic N) is 2. The molecule has 0 bridgehead atoms. The van der Waals surface area contributed by atoms with Crippen molar-refractivity contribution in [3.05, 3.63) is 18.3 Å². The summed E-state index contributed by atoms with van der Waals surface area (Å²) in [6, 6.07) is 1.23. The van der Waals surface area contributed by atoms with Gasteiger partial charge in [-0.05, 0) is 6.42 Å². The van der Waals surface area contributed by atoms with Crippen LogP contribution in [0.25, 0.3) is 0 Å². The summed E-state index contributed by atoms with van der Waals surface area (Å²) in [7, 11) is 0. The summed E-state index contributed by atoms with van der Waals surface area (Å²) in [5.41, 5.74) is -1.03. The number of rotatable bonds is 7. The van der Waals surface area contributed by atoms with Crippen LogP contribution in [0.4, 0.5) is 10.2 Å². The molecular weight excluding hydrogens is 331 g/mol. The zero-order valence-corrected chi connectivity index (χ0v) is 13.9. The first-order chi connectivity index (χ1) is 12.0. The Morgan fingerprint density at radius 2 is 2.32 bits per heavy atom. The van der Waals surface area contributed by atoms with Crippen molar-refractivity contribution in [3.63, 3.8) is 0 Å². The highest BCUT2D eigenvalue weighted by Gasteiger charge is 2.35. The van der Waals surface area contributed by atoms with E-state index < -0.39 is 11.5 Å². The van der Waals surface area contributed by atoms with Crippen LogP contribution in [0, 0.1) is 11.9 Å². The van der Waals surface area contributed by atoms with Crippen LogP contribution in [0.3, 0.4) is 0 Å². The number of carbonyl (C=O) groups is 1. The lowest BCUT2D eigenvalue weighted by atomic mass is 9.98. The molecule has 3 rings (SSSR count). The Morgan fingerprint density at radius 3 is 3.08 bits per heavy atom. The van der Waals surface area contributed by atoms with Crippen molar-refractivity contribution in [1.29, 1.82) is 0 Å². The van der Waals surface area contributed by atoms with Gasteiger partial charge in [0.15, 0.2) is 0 Å². The van der Waals surface area contributed by atoms with E-state index in [2.05, 4.69) is 20.6 Å². The van der Waals surface area contributed by atoms with E-state index >= 15 is 0 Å². The summed E-state index contributed by atoms with van der Waals surface area (Å²) in [5.74, 6) is -0.127. The molecule has 3 heterocycles. The SMILES string of the molecule is O=C(CC1(O)CCOC1)NCC1COC(CNc2cc(F)ncn2)C1. The smallest absolute Gasteiger partial charge is 0.223 e. The van der Waals surface area contributed by atoms with Crippen molar-refractivity contribution in [2.45, 2.75) is 31.0 Å². The molecule has 0 radical (unpaired) electrons. The third-order valence-corrected chi connectivity index (χ3v) is 4.47. The molecule has 0 saturated carbocycles. The number of aromatic nitrogens is 2. The molecule has 0 aromatic carbocycles. The van der Waals surface area contributed by atoms with E-state index in [9.17, 15) is 14.3 Å². The maximum atomic E-state index is 13.0. The number of hydrogen-bond acceptors (Lipinski definition) is 7. The van der Waals surface area contributed by atoms with Gasteiger partial charge in [-0.1, -0.05) is 0 Å². The van der Waals surface area contributed by atoms with Crippen molar-refractivity contribution in [3.8, 4) is 0 Å². The fraction of sp³-hybridized carbons (Fsp3) is 0.688. The molecule has 2 aliphatic heterocycles. The van der Waals surface area contributed by atoms with Gasteiger partial charge in [0, 0.05) is 38.1 Å². The van der Waals surface area contributed by atoms with Crippen LogP contribution in [0.2, 0.25) is 0 Å². The second kappa shape index (κ2) is 8.03. The number of halogens is 1. The molecule has 0 aliphatic carbocycles. The summed E-state index contributed by atoms with van der Waals surface area (Å²) in [6.45, 7) is 2.28. The highest BCUT2D eigenvalue weighted by atomic mass is 19.1. The van der Waals surface area contributed by atoms with Gasteiger partial charge in [-0.2, -0.15) is 4.39 Å². The standard InChI is InChI=1S/C16H23FN4O4/c17-13-4-14(21-10-20-13)18-7-12-3-11(8-25-12)6-19-15(22)5-16(23)1-2-24-9-16/h4,10-12,23H,1-3,5-9H2,(H,19,22)(H,18,20,21). The van der Waals surface area contributed by atoms with E-state index in [1.165, 1.54) is 6.07 Å². The van der Waals surface area contributed by atoms with Crippen molar-refractivity contribution in [1.82, 2.24) is 15.3 Å². The third kappa shape index (κ3) is 5.32. The minimum Gasteiger partial charge on any atom is -0.387 e. The fourth-order valence-corrected chi connectivity index (χ4v) is 3.07. The van der Waals surface area contributed by atoms with E-state index in [1.807, 2.05) is 0 Å². The van der Waals surface area contributed by atoms with E-state index in [4.69, 9.17) is 9.47 Å². The molecule has 1 amide bonds. The van der Waals surface area contributed by atoms with Gasteiger partial charge in [0.25, 0.3) is 0 Å². The quantitative estimate of drug-likeness (QED) is 0.596. The largest absolute Gasteiger partial charge is 0.387 e. The number of carbonyl (C=O) groups excluding carboxylic acids is 1. The molecule has 2 saturated heterocycles. The van der Waals surface area contributed by atoms with Crippen LogP contribution >= 0.6 is 0 Å². The topological polar surface area (TPSA) is 106 Å². The van der Waals surface area contributed by atoms with Gasteiger partial charge in [-0.25, -0.2) is 9.97 Å². The molecular formula is C16H23FN4O4. The normalized spacial score (nSPS) is 28.9. The number of aliphatic hydroxyl groups is 1. The fourth-order valence-electron chi connectivity index (χ4n) is 3.07. The summed E-state index contributed by atoms with van der Waals surface area (Å²) >= 11 is 0. The number of amides is 1. The molecule has 9 heteroatoms. The minimum absolute atomic E-state index is 0.0210. The predicted octanol–water partition coefficient (Wildman–Crippen LogP) is 0.0904. The molecule has 1 aromatic rings. The van der Waals surface area contributed by atoms with Crippen molar-refractivity contribution >= 4 is 11.7 Å². The Balaban J connectivity index is 1.34. The lowest BCUT2D eigenvalue weighted by molar-refractivity contribution is -0.126. The molecule has 8 nitrogen and oxygen atoms in total. The predicted molar refractivity (Wildman–Crippen MR) is 86.3 cm³/mol. The van der Waals surface area contributed by atoms with Gasteiger partial charge < -0.3 is 25.2 Å². The summed E-state index contributed by atoms with van der Waals surface area (Å²) in [4.78, 5) is 19.3. The third-order valence-electron chi connectivity index (χ3n) is 4.47. The van der Waals surface area contributed by atoms with Crippen LogP contribution in [0.1, 0.15) is 19.3 Å². The Bertz CT molecular complexity index is 597. The molecule has 3 unspecified atom stereocenters. The monoisotopic (exact) mass is 354 g/mol. The maximum absolute atomic E-state index is 13.0. The van der Waals surface area contributed by atoms with Crippen molar-refractivity contribution < 1.29 is 23.8 Å². The summed E-state index contributed by atoms with van der Waals surface area (Å²) in [5, 5.41) is 16.0. The molecule has 2 fully saturated rings. The molecule has 138 valence electrons. The van der Waals surface area contributed by atoms with Crippen LogP contribution in [-0.4, -0.2) is 65.6 Å². The Hall–Kier alpha value is -1.84. The average Bonchev–Trinajstić information content (AvgIpc) is 3.20. The van der Waals surface area contributed by atoms with Crippen LogP contribution < -0.4 is 10.6 Å². The highest BCUT2D eigenvalue weighted by molar-refractivity contribution is 5.77. The first kappa shape index (κ1) is 18.0. The number of nitrogens with one attached hydrogen (secondary N) is 2. The molecule has 1 aromatic heterocycles. The van der Waals surface area contributed by atoms with Gasteiger partial charge in [0.1, 0.15) is 12.1 Å². The second-order valence-electron chi connectivity index (χ2n) is 6.67. The zero-order chi connectivity index (χ0) is 17.7. The Morgan fingerprint density at radius 1 is 1.44 bits per heavy atom. The molecule has 2 aliphatic rings. The number of hydrogen-bond donors (Lipinski definition) is 3. The molecule has 25 heavy (non-hydrogen) atoms. The van der Waals surface area contributed by atoms with Crippen molar-refractivity contribution in [2.75, 3.05) is 38.2 Å². The second-order valence-corrected chi connectivity index (χ2v) is 6.67. The van der Waals surface area contributed by atoms with Crippen LogP contribution in [0.15, 0.2) is 12.4 Å². The number of anilines is 1. The summed E-state index contributed by atoms with van der Waals surface area (Å²) in [6.07, 6.45) is 2.48. The zero-order valence-electron chi connectivity index (χ0n) is 13.9. The van der Waals surface area contributed by atoms with Crippen LogP contribution in [0.5, 0.6) is 0 Å². The maximum Gasteiger partial charge on any atom is 0.223 e. The lowest BCUT2D eigenvalue weighted by Crippen LogP contribution is -2.39. The summed E-state index contributed by atoms with van der Waals surface area (Å²) < 4.78 is 23.8. The Kier molecular flexibility index (Phi) is 5.77. The molecule has 0 spiro atoms.